The summed E-state index contributed by atoms with van der Waals surface area (Å²) in [7, 11) is 0. The average molecular weight is 509 g/mol. The number of aromatic amines is 1. The van der Waals surface area contributed by atoms with Crippen molar-refractivity contribution in [2.24, 2.45) is 0 Å². The van der Waals surface area contributed by atoms with Gasteiger partial charge in [0.05, 0.1) is 23.5 Å². The summed E-state index contributed by atoms with van der Waals surface area (Å²) in [6, 6.07) is 18.1. The van der Waals surface area contributed by atoms with Crippen LogP contribution >= 0.6 is 0 Å². The molecule has 0 saturated heterocycles. The third kappa shape index (κ3) is 4.40. The summed E-state index contributed by atoms with van der Waals surface area (Å²) >= 11 is 0. The number of carbonyl (C=O) groups is 1. The van der Waals surface area contributed by atoms with Crippen LogP contribution in [0.15, 0.2) is 71.4 Å². The minimum atomic E-state index is -0.552. The summed E-state index contributed by atoms with van der Waals surface area (Å²) in [4.78, 5) is 21.9. The molecular weight excluding hydrogens is 480 g/mol. The number of nitrogens with one attached hydrogen (secondary N) is 2. The summed E-state index contributed by atoms with van der Waals surface area (Å²) in [6.45, 7) is 5.60. The van der Waals surface area contributed by atoms with Crippen LogP contribution in [0, 0.1) is 0 Å². The minimum absolute atomic E-state index is 0.398. The van der Waals surface area contributed by atoms with Crippen LogP contribution in [0.5, 0.6) is 0 Å². The highest BCUT2D eigenvalue weighted by molar-refractivity contribution is 5.98. The number of rotatable bonds is 5. The zero-order valence-corrected chi connectivity index (χ0v) is 21.5. The fraction of sp³-hybridized carbons (Fsp3) is 0.276. The van der Waals surface area contributed by atoms with Gasteiger partial charge in [0, 0.05) is 5.56 Å². The standard InChI is InChI=1S/C29H28N6O3/c1-28(2,3)38-27(36)33-29(14-7-15-29)20-12-10-19(11-13-20)25-23(18-8-5-4-6-9-18)24-26(37-25)30-16-21(32-24)22-17-31-35-34-22/h4-6,8-13,16-17H,7,14-15H2,1-3H3,(H,33,36)(H,31,34,35). The molecule has 9 heteroatoms. The van der Waals surface area contributed by atoms with Crippen molar-refractivity contribution in [3.05, 3.63) is 72.6 Å². The smallest absolute Gasteiger partial charge is 0.408 e. The number of carbonyl (C=O) groups excluding carboxylic acids is 1. The fourth-order valence-corrected chi connectivity index (χ4v) is 4.85. The minimum Gasteiger partial charge on any atom is -0.444 e. The van der Waals surface area contributed by atoms with Gasteiger partial charge in [0.2, 0.25) is 5.71 Å². The van der Waals surface area contributed by atoms with Gasteiger partial charge in [-0.05, 0) is 51.2 Å². The van der Waals surface area contributed by atoms with E-state index in [0.29, 0.717) is 28.4 Å². The van der Waals surface area contributed by atoms with Crippen molar-refractivity contribution in [1.29, 1.82) is 0 Å². The second-order valence-corrected chi connectivity index (χ2v) is 10.6. The SMILES string of the molecule is CC(C)(C)OC(=O)NC1(c2ccc(-c3oc4ncc(-c5cn[nH]n5)nc4c3-c3ccccc3)cc2)CCC1. The Hall–Kier alpha value is -4.53. The summed E-state index contributed by atoms with van der Waals surface area (Å²) < 4.78 is 11.8. The number of nitrogens with zero attached hydrogens (tertiary/aromatic N) is 4. The van der Waals surface area contributed by atoms with Crippen molar-refractivity contribution < 1.29 is 13.9 Å². The quantitative estimate of drug-likeness (QED) is 0.288. The number of hydrogen-bond acceptors (Lipinski definition) is 7. The molecule has 6 rings (SSSR count). The van der Waals surface area contributed by atoms with E-state index in [-0.39, 0.29) is 0 Å². The van der Waals surface area contributed by atoms with Crippen molar-refractivity contribution in [2.45, 2.75) is 51.2 Å². The zero-order chi connectivity index (χ0) is 26.3. The fourth-order valence-electron chi connectivity index (χ4n) is 4.85. The Morgan fingerprint density at radius 3 is 2.39 bits per heavy atom. The molecule has 0 atom stereocenters. The molecule has 1 amide bonds. The number of furan rings is 1. The molecule has 1 aliphatic carbocycles. The van der Waals surface area contributed by atoms with E-state index in [1.807, 2.05) is 63.2 Å². The molecule has 1 fully saturated rings. The van der Waals surface area contributed by atoms with Crippen molar-refractivity contribution in [3.8, 4) is 33.8 Å². The average Bonchev–Trinajstić information content (AvgIpc) is 3.54. The lowest BCUT2D eigenvalue weighted by Gasteiger charge is -2.43. The van der Waals surface area contributed by atoms with Crippen LogP contribution in [-0.4, -0.2) is 37.1 Å². The number of hydrogen-bond donors (Lipinski definition) is 2. The van der Waals surface area contributed by atoms with Gasteiger partial charge >= 0.3 is 6.09 Å². The van der Waals surface area contributed by atoms with E-state index in [1.54, 1.807) is 12.4 Å². The van der Waals surface area contributed by atoms with Crippen molar-refractivity contribution in [1.82, 2.24) is 30.7 Å². The predicted octanol–water partition coefficient (Wildman–Crippen LogP) is 6.25. The Morgan fingerprint density at radius 1 is 1.00 bits per heavy atom. The summed E-state index contributed by atoms with van der Waals surface area (Å²) in [6.07, 6.45) is 5.62. The van der Waals surface area contributed by atoms with Crippen LogP contribution in [0.25, 0.3) is 45.1 Å². The lowest BCUT2D eigenvalue weighted by Crippen LogP contribution is -2.52. The van der Waals surface area contributed by atoms with Gasteiger partial charge < -0.3 is 14.5 Å². The first kappa shape index (κ1) is 23.8. The van der Waals surface area contributed by atoms with E-state index in [0.717, 1.165) is 41.5 Å². The molecule has 192 valence electrons. The van der Waals surface area contributed by atoms with E-state index >= 15 is 0 Å². The maximum absolute atomic E-state index is 12.6. The number of aromatic nitrogens is 5. The topological polar surface area (TPSA) is 119 Å². The van der Waals surface area contributed by atoms with Crippen LogP contribution in [0.1, 0.15) is 45.6 Å². The zero-order valence-electron chi connectivity index (χ0n) is 21.5. The number of benzene rings is 2. The number of ether oxygens (including phenoxy) is 1. The number of amides is 1. The second kappa shape index (κ2) is 9.09. The van der Waals surface area contributed by atoms with Crippen molar-refractivity contribution in [2.75, 3.05) is 0 Å². The van der Waals surface area contributed by atoms with Gasteiger partial charge in [0.15, 0.2) is 0 Å². The van der Waals surface area contributed by atoms with Crippen LogP contribution < -0.4 is 5.32 Å². The molecule has 2 N–H and O–H groups in total. The van der Waals surface area contributed by atoms with E-state index in [1.165, 1.54) is 0 Å². The van der Waals surface area contributed by atoms with E-state index in [2.05, 4.69) is 37.8 Å². The van der Waals surface area contributed by atoms with Crippen molar-refractivity contribution in [3.63, 3.8) is 0 Å². The molecule has 0 bridgehead atoms. The highest BCUT2D eigenvalue weighted by atomic mass is 16.6. The van der Waals surface area contributed by atoms with Gasteiger partial charge in [-0.25, -0.2) is 14.8 Å². The first-order valence-electron chi connectivity index (χ1n) is 12.6. The Kier molecular flexibility index (Phi) is 5.71. The Bertz CT molecular complexity index is 1580. The Labute approximate surface area is 219 Å². The number of alkyl carbamates (subject to hydrolysis) is 1. The molecule has 9 nitrogen and oxygen atoms in total. The highest BCUT2D eigenvalue weighted by Gasteiger charge is 2.41. The van der Waals surface area contributed by atoms with Crippen LogP contribution in [0.3, 0.4) is 0 Å². The van der Waals surface area contributed by atoms with Crippen LogP contribution in [0.4, 0.5) is 4.79 Å². The molecule has 0 aliphatic heterocycles. The first-order chi connectivity index (χ1) is 18.3. The number of H-pyrrole nitrogens is 1. The van der Waals surface area contributed by atoms with Gasteiger partial charge in [-0.1, -0.05) is 54.6 Å². The van der Waals surface area contributed by atoms with E-state index < -0.39 is 17.2 Å². The maximum atomic E-state index is 12.6. The normalized spacial score (nSPS) is 14.7. The molecule has 1 saturated carbocycles. The Balaban J connectivity index is 1.39. The highest BCUT2D eigenvalue weighted by Crippen LogP contribution is 2.44. The molecular formula is C29H28N6O3. The largest absolute Gasteiger partial charge is 0.444 e. The van der Waals surface area contributed by atoms with E-state index in [4.69, 9.17) is 14.1 Å². The maximum Gasteiger partial charge on any atom is 0.408 e. The van der Waals surface area contributed by atoms with Crippen LogP contribution in [-0.2, 0) is 10.3 Å². The summed E-state index contributed by atoms with van der Waals surface area (Å²) in [5, 5.41) is 13.8. The summed E-state index contributed by atoms with van der Waals surface area (Å²) in [5.74, 6) is 0.679. The molecule has 3 heterocycles. The third-order valence-electron chi connectivity index (χ3n) is 6.79. The van der Waals surface area contributed by atoms with Crippen molar-refractivity contribution >= 4 is 17.3 Å². The molecule has 3 aromatic heterocycles. The van der Waals surface area contributed by atoms with Gasteiger partial charge in [-0.15, -0.1) is 0 Å². The molecule has 2 aromatic carbocycles. The van der Waals surface area contributed by atoms with Gasteiger partial charge in [-0.2, -0.15) is 15.4 Å². The van der Waals surface area contributed by atoms with Gasteiger partial charge in [0.25, 0.3) is 0 Å². The molecule has 1 aliphatic rings. The molecule has 0 unspecified atom stereocenters. The molecule has 38 heavy (non-hydrogen) atoms. The third-order valence-corrected chi connectivity index (χ3v) is 6.79. The van der Waals surface area contributed by atoms with E-state index in [9.17, 15) is 4.79 Å². The lowest BCUT2D eigenvalue weighted by molar-refractivity contribution is 0.0377. The lowest BCUT2D eigenvalue weighted by atomic mass is 9.71. The van der Waals surface area contributed by atoms with Crippen LogP contribution in [0.2, 0.25) is 0 Å². The monoisotopic (exact) mass is 508 g/mol. The molecule has 0 radical (unpaired) electrons. The van der Waals surface area contributed by atoms with Gasteiger partial charge in [-0.3, -0.25) is 0 Å². The van der Waals surface area contributed by atoms with Gasteiger partial charge in [0.1, 0.15) is 28.3 Å². The Morgan fingerprint density at radius 2 is 1.76 bits per heavy atom. The predicted molar refractivity (Wildman–Crippen MR) is 143 cm³/mol. The molecule has 0 spiro atoms. The second-order valence-electron chi connectivity index (χ2n) is 10.6. The first-order valence-corrected chi connectivity index (χ1v) is 12.6. The number of fused-ring (bicyclic) bond motifs is 1. The summed E-state index contributed by atoms with van der Waals surface area (Å²) in [5.41, 5.74) is 5.09. The molecule has 5 aromatic rings.